The van der Waals surface area contributed by atoms with Gasteiger partial charge in [0.1, 0.15) is 0 Å². The monoisotopic (exact) mass is 423 g/mol. The van der Waals surface area contributed by atoms with Crippen molar-refractivity contribution in [3.63, 3.8) is 0 Å². The molecular weight excluding hydrogens is 391 g/mol. The van der Waals surface area contributed by atoms with Crippen molar-refractivity contribution in [2.75, 3.05) is 0 Å². The summed E-state index contributed by atoms with van der Waals surface area (Å²) in [6.45, 7) is 4.63. The number of hydrogen-bond donors (Lipinski definition) is 0. The molecule has 2 aliphatic carbocycles. The predicted octanol–water partition coefficient (Wildman–Crippen LogP) is 7.61. The van der Waals surface area contributed by atoms with Crippen LogP contribution in [0.1, 0.15) is 70.8 Å². The van der Waals surface area contributed by atoms with Crippen LogP contribution in [0.4, 0.5) is 0 Å². The fourth-order valence-corrected chi connectivity index (χ4v) is 12.4. The quantitative estimate of drug-likeness (QED) is 0.362. The summed E-state index contributed by atoms with van der Waals surface area (Å²) in [5, 5.41) is 0. The Morgan fingerprint density at radius 2 is 1.31 bits per heavy atom. The van der Waals surface area contributed by atoms with Gasteiger partial charge in [-0.05, 0) is 0 Å². The van der Waals surface area contributed by atoms with Crippen LogP contribution in [0.15, 0.2) is 72.3 Å². The standard InChI is InChI=1S/2C9H13.C7H7.Zr/c2*1-2-3-6-9-7-4-5-8-9;1-7-5-3-2-4-6-7;/h2*4,7H,2-3,5-6H2,1H3;2-6H,1H2;. The van der Waals surface area contributed by atoms with E-state index >= 15 is 0 Å². The van der Waals surface area contributed by atoms with Gasteiger partial charge in [-0.15, -0.1) is 0 Å². The van der Waals surface area contributed by atoms with Gasteiger partial charge in [0.05, 0.1) is 0 Å². The molecule has 0 nitrogen and oxygen atoms in total. The van der Waals surface area contributed by atoms with Crippen molar-refractivity contribution in [2.45, 2.75) is 69.3 Å². The van der Waals surface area contributed by atoms with E-state index in [2.05, 4.69) is 68.5 Å². The molecular formula is C25H33Zr. The number of unbranched alkanes of at least 4 members (excludes halogenated alkanes) is 2. The molecule has 0 bridgehead atoms. The zero-order chi connectivity index (χ0) is 18.2. The summed E-state index contributed by atoms with van der Waals surface area (Å²) < 4.78 is 5.15. The van der Waals surface area contributed by atoms with Gasteiger partial charge in [0, 0.05) is 0 Å². The zero-order valence-electron chi connectivity index (χ0n) is 16.6. The number of hydrogen-bond acceptors (Lipinski definition) is 0. The molecule has 1 heteroatoms. The van der Waals surface area contributed by atoms with E-state index in [0.29, 0.717) is 0 Å². The molecule has 0 aliphatic heterocycles. The van der Waals surface area contributed by atoms with Gasteiger partial charge in [-0.3, -0.25) is 0 Å². The maximum atomic E-state index is 2.46. The van der Waals surface area contributed by atoms with E-state index in [0.717, 1.165) is 0 Å². The van der Waals surface area contributed by atoms with Gasteiger partial charge < -0.3 is 0 Å². The molecule has 0 aromatic heterocycles. The predicted molar refractivity (Wildman–Crippen MR) is 111 cm³/mol. The van der Waals surface area contributed by atoms with E-state index < -0.39 is 21.8 Å². The Morgan fingerprint density at radius 3 is 1.81 bits per heavy atom. The van der Waals surface area contributed by atoms with Gasteiger partial charge in [0.15, 0.2) is 0 Å². The summed E-state index contributed by atoms with van der Waals surface area (Å²) in [6.07, 6.45) is 20.2. The average Bonchev–Trinajstić information content (AvgIpc) is 3.33. The summed E-state index contributed by atoms with van der Waals surface area (Å²) in [5.74, 6) is 0. The van der Waals surface area contributed by atoms with Crippen LogP contribution in [0, 0.1) is 0 Å². The van der Waals surface area contributed by atoms with Gasteiger partial charge in [-0.1, -0.05) is 0 Å². The second-order valence-electron chi connectivity index (χ2n) is 7.57. The molecule has 137 valence electrons. The van der Waals surface area contributed by atoms with Crippen LogP contribution in [0.25, 0.3) is 0 Å². The van der Waals surface area contributed by atoms with Crippen LogP contribution >= 0.6 is 0 Å². The van der Waals surface area contributed by atoms with Gasteiger partial charge in [0.25, 0.3) is 0 Å². The second kappa shape index (κ2) is 10.4. The Morgan fingerprint density at radius 1 is 0.769 bits per heavy atom. The molecule has 0 unspecified atom stereocenters. The van der Waals surface area contributed by atoms with E-state index in [9.17, 15) is 0 Å². The van der Waals surface area contributed by atoms with Crippen LogP contribution in [0.2, 0.25) is 0 Å². The van der Waals surface area contributed by atoms with Gasteiger partial charge in [-0.25, -0.2) is 0 Å². The fourth-order valence-electron chi connectivity index (χ4n) is 4.13. The Hall–Kier alpha value is -0.937. The van der Waals surface area contributed by atoms with Crippen LogP contribution in [-0.2, 0) is 25.9 Å². The van der Waals surface area contributed by atoms with Crippen molar-refractivity contribution in [2.24, 2.45) is 0 Å². The zero-order valence-corrected chi connectivity index (χ0v) is 19.0. The Labute approximate surface area is 168 Å². The van der Waals surface area contributed by atoms with E-state index in [1.807, 2.05) is 6.56 Å². The Kier molecular flexibility index (Phi) is 7.93. The Bertz CT molecular complexity index is 661. The molecule has 26 heavy (non-hydrogen) atoms. The second-order valence-corrected chi connectivity index (χ2v) is 13.8. The fraction of sp³-hybridized carbons (Fsp3) is 0.440. The van der Waals surface area contributed by atoms with E-state index in [-0.39, 0.29) is 0 Å². The van der Waals surface area contributed by atoms with Crippen LogP contribution in [0.5, 0.6) is 0 Å². The van der Waals surface area contributed by atoms with Crippen molar-refractivity contribution >= 4 is 0 Å². The molecule has 1 aromatic rings. The van der Waals surface area contributed by atoms with Crippen molar-refractivity contribution in [3.8, 4) is 0 Å². The third-order valence-electron chi connectivity index (χ3n) is 5.61. The van der Waals surface area contributed by atoms with Crippen LogP contribution in [-0.4, -0.2) is 0 Å². The SMILES string of the molecule is CCCCC1=[C]([Zr]([CH2]c2ccccc2)[C]2=C(CCCC)C=CC2)CC=C1. The topological polar surface area (TPSA) is 0 Å². The molecule has 0 heterocycles. The first-order chi connectivity index (χ1) is 12.8. The molecule has 0 atom stereocenters. The summed E-state index contributed by atoms with van der Waals surface area (Å²) in [7, 11) is 0. The minimum atomic E-state index is -1.85. The van der Waals surface area contributed by atoms with E-state index in [1.54, 1.807) is 16.7 Å². The van der Waals surface area contributed by atoms with E-state index in [4.69, 9.17) is 0 Å². The third kappa shape index (κ3) is 5.07. The molecule has 1 aromatic carbocycles. The van der Waals surface area contributed by atoms with Crippen molar-refractivity contribution in [1.82, 2.24) is 0 Å². The van der Waals surface area contributed by atoms with Gasteiger partial charge >= 0.3 is 169 Å². The molecule has 3 rings (SSSR count). The number of rotatable bonds is 10. The maximum absolute atomic E-state index is 2.46. The summed E-state index contributed by atoms with van der Waals surface area (Å²) in [4.78, 5) is 0. The first kappa shape index (κ1) is 19.8. The average molecular weight is 425 g/mol. The summed E-state index contributed by atoms with van der Waals surface area (Å²) >= 11 is -1.85. The molecule has 0 saturated heterocycles. The first-order valence-electron chi connectivity index (χ1n) is 10.5. The molecule has 0 spiro atoms. The summed E-state index contributed by atoms with van der Waals surface area (Å²) in [5.41, 5.74) is 4.99. The van der Waals surface area contributed by atoms with Crippen molar-refractivity contribution in [1.29, 1.82) is 0 Å². The van der Waals surface area contributed by atoms with Gasteiger partial charge in [-0.2, -0.15) is 0 Å². The minimum absolute atomic E-state index is 1.24. The summed E-state index contributed by atoms with van der Waals surface area (Å²) in [6, 6.07) is 11.3. The third-order valence-corrected chi connectivity index (χ3v) is 13.6. The normalized spacial score (nSPS) is 16.2. The van der Waals surface area contributed by atoms with Gasteiger partial charge in [0.2, 0.25) is 0 Å². The molecule has 0 radical (unpaired) electrons. The van der Waals surface area contributed by atoms with Crippen molar-refractivity contribution in [3.05, 3.63) is 77.9 Å². The van der Waals surface area contributed by atoms with Crippen molar-refractivity contribution < 1.29 is 21.8 Å². The Balaban J connectivity index is 1.92. The van der Waals surface area contributed by atoms with Crippen LogP contribution < -0.4 is 0 Å². The van der Waals surface area contributed by atoms with E-state index in [1.165, 1.54) is 55.5 Å². The first-order valence-corrected chi connectivity index (χ1v) is 14.7. The molecule has 0 fully saturated rings. The number of allylic oxidation sites excluding steroid dienone is 8. The molecule has 0 N–H and O–H groups in total. The molecule has 0 amide bonds. The number of benzene rings is 1. The molecule has 2 aliphatic rings. The van der Waals surface area contributed by atoms with Crippen LogP contribution in [0.3, 0.4) is 0 Å². The molecule has 0 saturated carbocycles.